The quantitative estimate of drug-likeness (QED) is 0.523. The predicted molar refractivity (Wildman–Crippen MR) is 34.6 cm³/mol. The van der Waals surface area contributed by atoms with Gasteiger partial charge in [0.15, 0.2) is 0 Å². The molecule has 0 aliphatic rings. The number of aldehydes is 1. The van der Waals surface area contributed by atoms with Crippen molar-refractivity contribution in [3.63, 3.8) is 0 Å². The molecule has 0 aromatic carbocycles. The molecule has 1 atom stereocenters. The van der Waals surface area contributed by atoms with Crippen molar-refractivity contribution in [3.05, 3.63) is 0 Å². The van der Waals surface area contributed by atoms with E-state index >= 15 is 0 Å². The first-order valence-corrected chi connectivity index (χ1v) is 2.91. The van der Waals surface area contributed by atoms with E-state index in [1.54, 1.807) is 20.8 Å². The van der Waals surface area contributed by atoms with Crippen LogP contribution >= 0.6 is 0 Å². The van der Waals surface area contributed by atoms with Gasteiger partial charge in [0.05, 0.1) is 11.5 Å². The minimum absolute atomic E-state index is 0.178. The topological polar surface area (TPSA) is 40.9 Å². The van der Waals surface area contributed by atoms with Crippen LogP contribution < -0.4 is 0 Å². The van der Waals surface area contributed by atoms with Gasteiger partial charge in [-0.1, -0.05) is 6.92 Å². The molecule has 2 heteroatoms. The fourth-order valence-electron chi connectivity index (χ4n) is 0.272. The summed E-state index contributed by atoms with van der Waals surface area (Å²) >= 11 is 0. The van der Waals surface area contributed by atoms with E-state index in [4.69, 9.17) is 5.26 Å². The first-order valence-electron chi connectivity index (χ1n) is 2.91. The molecule has 0 N–H and O–H groups in total. The molecule has 0 spiro atoms. The maximum atomic E-state index is 10.2. The summed E-state index contributed by atoms with van der Waals surface area (Å²) in [6, 6.07) is 2.06. The Hall–Kier alpha value is -0.840. The highest BCUT2D eigenvalue weighted by molar-refractivity contribution is 5.55. The van der Waals surface area contributed by atoms with Gasteiger partial charge in [-0.25, -0.2) is 0 Å². The van der Waals surface area contributed by atoms with Gasteiger partial charge in [0.25, 0.3) is 0 Å². The highest BCUT2D eigenvalue weighted by Gasteiger charge is 2.24. The molecule has 0 saturated carbocycles. The zero-order valence-corrected chi connectivity index (χ0v) is 6.01. The Morgan fingerprint density at radius 1 is 1.67 bits per heavy atom. The van der Waals surface area contributed by atoms with Crippen LogP contribution in [0.2, 0.25) is 0 Å². The first-order chi connectivity index (χ1) is 4.04. The lowest BCUT2D eigenvalue weighted by atomic mass is 9.83. The summed E-state index contributed by atoms with van der Waals surface area (Å²) in [4.78, 5) is 10.2. The van der Waals surface area contributed by atoms with E-state index in [9.17, 15) is 4.79 Å². The van der Waals surface area contributed by atoms with Gasteiger partial charge in [0.2, 0.25) is 0 Å². The van der Waals surface area contributed by atoms with Crippen molar-refractivity contribution in [3.8, 4) is 6.07 Å². The van der Waals surface area contributed by atoms with E-state index < -0.39 is 5.41 Å². The standard InChI is InChI=1S/C7H11NO/c1-6(4-9)7(2,3)5-8/h4,6H,1-3H3. The Bertz CT molecular complexity index is 143. The second-order valence-corrected chi connectivity index (χ2v) is 2.76. The molecule has 0 aliphatic carbocycles. The zero-order chi connectivity index (χ0) is 7.49. The van der Waals surface area contributed by atoms with Crippen LogP contribution in [0.25, 0.3) is 0 Å². The lowest BCUT2D eigenvalue weighted by Gasteiger charge is -2.17. The Morgan fingerprint density at radius 2 is 2.11 bits per heavy atom. The highest BCUT2D eigenvalue weighted by atomic mass is 16.1. The summed E-state index contributed by atoms with van der Waals surface area (Å²) in [5.41, 5.74) is -0.512. The molecule has 0 aromatic rings. The Balaban J connectivity index is 4.17. The fraction of sp³-hybridized carbons (Fsp3) is 0.714. The van der Waals surface area contributed by atoms with Gasteiger partial charge in [0.1, 0.15) is 6.29 Å². The van der Waals surface area contributed by atoms with Crippen molar-refractivity contribution in [2.24, 2.45) is 11.3 Å². The second kappa shape index (κ2) is 2.63. The molecular formula is C7H11NO. The van der Waals surface area contributed by atoms with Crippen LogP contribution in [0.3, 0.4) is 0 Å². The number of carbonyl (C=O) groups excluding carboxylic acids is 1. The van der Waals surface area contributed by atoms with Crippen LogP contribution in [0.15, 0.2) is 0 Å². The third-order valence-corrected chi connectivity index (χ3v) is 1.63. The zero-order valence-electron chi connectivity index (χ0n) is 6.01. The van der Waals surface area contributed by atoms with Crippen LogP contribution in [0, 0.1) is 22.7 Å². The molecule has 2 nitrogen and oxygen atoms in total. The van der Waals surface area contributed by atoms with Gasteiger partial charge in [-0.05, 0) is 13.8 Å². The number of carbonyl (C=O) groups is 1. The summed E-state index contributed by atoms with van der Waals surface area (Å²) in [7, 11) is 0. The number of hydrogen-bond acceptors (Lipinski definition) is 2. The fourth-order valence-corrected chi connectivity index (χ4v) is 0.272. The molecule has 0 amide bonds. The number of nitrogens with zero attached hydrogens (tertiary/aromatic N) is 1. The lowest BCUT2D eigenvalue weighted by Crippen LogP contribution is -2.20. The Kier molecular flexibility index (Phi) is 2.39. The maximum absolute atomic E-state index is 10.2. The summed E-state index contributed by atoms with van der Waals surface area (Å²) in [5, 5.41) is 8.49. The Morgan fingerprint density at radius 3 is 2.22 bits per heavy atom. The largest absolute Gasteiger partial charge is 0.303 e. The minimum Gasteiger partial charge on any atom is -0.303 e. The number of hydrogen-bond donors (Lipinski definition) is 0. The first kappa shape index (κ1) is 8.16. The molecule has 0 heterocycles. The van der Waals surface area contributed by atoms with Crippen LogP contribution in [0.5, 0.6) is 0 Å². The second-order valence-electron chi connectivity index (χ2n) is 2.76. The lowest BCUT2D eigenvalue weighted by molar-refractivity contribution is -0.112. The highest BCUT2D eigenvalue weighted by Crippen LogP contribution is 2.22. The van der Waals surface area contributed by atoms with E-state index in [0.717, 1.165) is 6.29 Å². The van der Waals surface area contributed by atoms with Crippen LogP contribution in [-0.2, 0) is 4.79 Å². The van der Waals surface area contributed by atoms with E-state index in [1.807, 2.05) is 0 Å². The van der Waals surface area contributed by atoms with Crippen LogP contribution in [0.4, 0.5) is 0 Å². The molecule has 0 radical (unpaired) electrons. The van der Waals surface area contributed by atoms with Gasteiger partial charge >= 0.3 is 0 Å². The molecule has 9 heavy (non-hydrogen) atoms. The van der Waals surface area contributed by atoms with E-state index in [0.29, 0.717) is 0 Å². The van der Waals surface area contributed by atoms with Crippen molar-refractivity contribution >= 4 is 6.29 Å². The van der Waals surface area contributed by atoms with E-state index in [2.05, 4.69) is 6.07 Å². The minimum atomic E-state index is -0.512. The average molecular weight is 125 g/mol. The van der Waals surface area contributed by atoms with Crippen molar-refractivity contribution in [2.75, 3.05) is 0 Å². The maximum Gasteiger partial charge on any atom is 0.124 e. The SMILES string of the molecule is CC(C=O)C(C)(C)C#N. The predicted octanol–water partition coefficient (Wildman–Crippen LogP) is 1.37. The molecule has 1 unspecified atom stereocenters. The third-order valence-electron chi connectivity index (χ3n) is 1.63. The van der Waals surface area contributed by atoms with Crippen LogP contribution in [-0.4, -0.2) is 6.29 Å². The third kappa shape index (κ3) is 1.85. The summed E-state index contributed by atoms with van der Waals surface area (Å²) in [5.74, 6) is -0.178. The van der Waals surface area contributed by atoms with E-state index in [-0.39, 0.29) is 5.92 Å². The molecule has 0 saturated heterocycles. The molecule has 0 fully saturated rings. The number of nitriles is 1. The monoisotopic (exact) mass is 125 g/mol. The molecule has 0 bridgehead atoms. The summed E-state index contributed by atoms with van der Waals surface area (Å²) in [6.45, 7) is 5.26. The van der Waals surface area contributed by atoms with E-state index in [1.165, 1.54) is 0 Å². The normalized spacial score (nSPS) is 14.0. The smallest absolute Gasteiger partial charge is 0.124 e. The van der Waals surface area contributed by atoms with Gasteiger partial charge < -0.3 is 4.79 Å². The van der Waals surface area contributed by atoms with Gasteiger partial charge in [-0.2, -0.15) is 5.26 Å². The number of rotatable bonds is 2. The molecule has 50 valence electrons. The molecule has 0 aromatic heterocycles. The molecule has 0 rings (SSSR count). The van der Waals surface area contributed by atoms with Gasteiger partial charge in [0, 0.05) is 5.92 Å². The van der Waals surface area contributed by atoms with Crippen molar-refractivity contribution in [1.29, 1.82) is 5.26 Å². The van der Waals surface area contributed by atoms with Gasteiger partial charge in [-0.15, -0.1) is 0 Å². The van der Waals surface area contributed by atoms with Crippen molar-refractivity contribution in [1.82, 2.24) is 0 Å². The van der Waals surface area contributed by atoms with Crippen molar-refractivity contribution in [2.45, 2.75) is 20.8 Å². The average Bonchev–Trinajstić information content (AvgIpc) is 1.86. The Labute approximate surface area is 55.5 Å². The van der Waals surface area contributed by atoms with Crippen molar-refractivity contribution < 1.29 is 4.79 Å². The summed E-state index contributed by atoms with van der Waals surface area (Å²) < 4.78 is 0. The molecular weight excluding hydrogens is 114 g/mol. The van der Waals surface area contributed by atoms with Crippen LogP contribution in [0.1, 0.15) is 20.8 Å². The molecule has 0 aliphatic heterocycles. The summed E-state index contributed by atoms with van der Waals surface area (Å²) in [6.07, 6.45) is 0.809. The van der Waals surface area contributed by atoms with Gasteiger partial charge in [-0.3, -0.25) is 0 Å².